The van der Waals surface area contributed by atoms with E-state index < -0.39 is 24.1 Å². The van der Waals surface area contributed by atoms with Gasteiger partial charge in [-0.2, -0.15) is 0 Å². The third-order valence-corrected chi connectivity index (χ3v) is 3.00. The maximum Gasteiger partial charge on any atom is 0.407 e. The molecule has 9 nitrogen and oxygen atoms in total. The molecule has 0 spiro atoms. The van der Waals surface area contributed by atoms with Crippen molar-refractivity contribution in [3.8, 4) is 0 Å². The van der Waals surface area contributed by atoms with Crippen LogP contribution >= 0.6 is 0 Å². The SMILES string of the molecule is COC(=O)NC1CCN(C(=O)N[C@H](CCO)C(=O)O)C1. The lowest BCUT2D eigenvalue weighted by molar-refractivity contribution is -0.139. The Morgan fingerprint density at radius 3 is 2.70 bits per heavy atom. The van der Waals surface area contributed by atoms with E-state index in [1.807, 2.05) is 0 Å². The van der Waals surface area contributed by atoms with E-state index in [9.17, 15) is 14.4 Å². The van der Waals surface area contributed by atoms with Gasteiger partial charge in [0.25, 0.3) is 0 Å². The van der Waals surface area contributed by atoms with Crippen molar-refractivity contribution in [2.45, 2.75) is 24.9 Å². The maximum atomic E-state index is 11.9. The Morgan fingerprint density at radius 2 is 2.15 bits per heavy atom. The fraction of sp³-hybridized carbons (Fsp3) is 0.727. The van der Waals surface area contributed by atoms with Crippen molar-refractivity contribution in [1.29, 1.82) is 0 Å². The van der Waals surface area contributed by atoms with Crippen molar-refractivity contribution in [2.24, 2.45) is 0 Å². The van der Waals surface area contributed by atoms with E-state index in [1.165, 1.54) is 12.0 Å². The zero-order chi connectivity index (χ0) is 15.1. The summed E-state index contributed by atoms with van der Waals surface area (Å²) in [4.78, 5) is 35.2. The Bertz CT molecular complexity index is 375. The topological polar surface area (TPSA) is 128 Å². The summed E-state index contributed by atoms with van der Waals surface area (Å²) in [6, 6.07) is -1.87. The summed E-state index contributed by atoms with van der Waals surface area (Å²) in [6.07, 6.45) is -0.0557. The number of carboxylic acid groups (broad SMARTS) is 1. The fourth-order valence-corrected chi connectivity index (χ4v) is 1.91. The first-order chi connectivity index (χ1) is 9.47. The van der Waals surface area contributed by atoms with E-state index in [1.54, 1.807) is 0 Å². The number of urea groups is 1. The number of aliphatic hydroxyl groups excluding tert-OH is 1. The fourth-order valence-electron chi connectivity index (χ4n) is 1.91. The first-order valence-electron chi connectivity index (χ1n) is 6.21. The highest BCUT2D eigenvalue weighted by atomic mass is 16.5. The summed E-state index contributed by atoms with van der Waals surface area (Å²) in [5.41, 5.74) is 0. The standard InChI is InChI=1S/C11H19N3O6/c1-20-11(19)12-7-2-4-14(6-7)10(18)13-8(3-5-15)9(16)17/h7-8,15H,2-6H2,1H3,(H,12,19)(H,13,18)(H,16,17)/t7?,8-/m1/s1. The first kappa shape index (κ1) is 16.0. The zero-order valence-corrected chi connectivity index (χ0v) is 11.2. The van der Waals surface area contributed by atoms with Crippen LogP contribution in [0.5, 0.6) is 0 Å². The molecular weight excluding hydrogens is 270 g/mol. The van der Waals surface area contributed by atoms with Gasteiger partial charge in [0.1, 0.15) is 6.04 Å². The molecule has 0 aromatic carbocycles. The number of alkyl carbamates (subject to hydrolysis) is 1. The van der Waals surface area contributed by atoms with Crippen LogP contribution in [0.3, 0.4) is 0 Å². The van der Waals surface area contributed by atoms with Gasteiger partial charge >= 0.3 is 18.1 Å². The molecular formula is C11H19N3O6. The molecule has 3 amide bonds. The van der Waals surface area contributed by atoms with Crippen LogP contribution in [-0.2, 0) is 9.53 Å². The van der Waals surface area contributed by atoms with Gasteiger partial charge in [-0.15, -0.1) is 0 Å². The van der Waals surface area contributed by atoms with Gasteiger partial charge in [0.05, 0.1) is 13.2 Å². The van der Waals surface area contributed by atoms with Gasteiger partial charge in [-0.3, -0.25) is 0 Å². The molecule has 0 radical (unpaired) electrons. The number of carbonyl (C=O) groups is 3. The minimum atomic E-state index is -1.20. The van der Waals surface area contributed by atoms with Crippen LogP contribution in [0.25, 0.3) is 0 Å². The van der Waals surface area contributed by atoms with Crippen LogP contribution in [0.1, 0.15) is 12.8 Å². The van der Waals surface area contributed by atoms with E-state index in [4.69, 9.17) is 10.2 Å². The highest BCUT2D eigenvalue weighted by molar-refractivity contribution is 5.82. The molecule has 0 aliphatic carbocycles. The van der Waals surface area contributed by atoms with Gasteiger partial charge in [0.15, 0.2) is 0 Å². The first-order valence-corrected chi connectivity index (χ1v) is 6.21. The number of methoxy groups -OCH3 is 1. The quantitative estimate of drug-likeness (QED) is 0.512. The van der Waals surface area contributed by atoms with Crippen LogP contribution in [0.2, 0.25) is 0 Å². The smallest absolute Gasteiger partial charge is 0.407 e. The van der Waals surface area contributed by atoms with Crippen molar-refractivity contribution >= 4 is 18.1 Å². The molecule has 0 bridgehead atoms. The molecule has 1 heterocycles. The lowest BCUT2D eigenvalue weighted by atomic mass is 10.2. The van der Waals surface area contributed by atoms with E-state index in [0.29, 0.717) is 13.0 Å². The van der Waals surface area contributed by atoms with E-state index >= 15 is 0 Å². The number of hydrogen-bond acceptors (Lipinski definition) is 5. The van der Waals surface area contributed by atoms with Gasteiger partial charge in [-0.25, -0.2) is 14.4 Å². The number of aliphatic hydroxyl groups is 1. The average Bonchev–Trinajstić information content (AvgIpc) is 2.86. The predicted molar refractivity (Wildman–Crippen MR) is 67.2 cm³/mol. The van der Waals surface area contributed by atoms with Crippen molar-refractivity contribution < 1.29 is 29.3 Å². The Hall–Kier alpha value is -2.03. The van der Waals surface area contributed by atoms with Crippen LogP contribution in [0.4, 0.5) is 9.59 Å². The third-order valence-electron chi connectivity index (χ3n) is 3.00. The Balaban J connectivity index is 2.45. The number of nitrogens with one attached hydrogen (secondary N) is 2. The van der Waals surface area contributed by atoms with E-state index in [2.05, 4.69) is 15.4 Å². The number of hydrogen-bond donors (Lipinski definition) is 4. The second-order valence-electron chi connectivity index (χ2n) is 4.42. The number of carbonyl (C=O) groups excluding carboxylic acids is 2. The van der Waals surface area contributed by atoms with Crippen LogP contribution in [-0.4, -0.2) is 72.1 Å². The van der Waals surface area contributed by atoms with Crippen LogP contribution in [0, 0.1) is 0 Å². The van der Waals surface area contributed by atoms with Crippen molar-refractivity contribution in [3.05, 3.63) is 0 Å². The largest absolute Gasteiger partial charge is 0.480 e. The molecule has 1 rings (SSSR count). The lowest BCUT2D eigenvalue weighted by Crippen LogP contribution is -2.48. The molecule has 0 saturated carbocycles. The molecule has 1 fully saturated rings. The highest BCUT2D eigenvalue weighted by Gasteiger charge is 2.29. The Labute approximate surface area is 115 Å². The molecule has 1 aliphatic heterocycles. The van der Waals surface area contributed by atoms with Gasteiger partial charge in [0, 0.05) is 26.1 Å². The highest BCUT2D eigenvalue weighted by Crippen LogP contribution is 2.10. The summed E-state index contributed by atoms with van der Waals surface area (Å²) in [5, 5.41) is 22.5. The van der Waals surface area contributed by atoms with Crippen LogP contribution < -0.4 is 10.6 Å². The molecule has 0 aromatic heterocycles. The minimum absolute atomic E-state index is 0.0568. The minimum Gasteiger partial charge on any atom is -0.480 e. The zero-order valence-electron chi connectivity index (χ0n) is 11.2. The monoisotopic (exact) mass is 289 g/mol. The molecule has 1 aliphatic rings. The van der Waals surface area contributed by atoms with Gasteiger partial charge in [0.2, 0.25) is 0 Å². The van der Waals surface area contributed by atoms with Gasteiger partial charge in [-0.1, -0.05) is 0 Å². The molecule has 1 saturated heterocycles. The van der Waals surface area contributed by atoms with Gasteiger partial charge in [-0.05, 0) is 6.42 Å². The number of ether oxygens (including phenoxy) is 1. The summed E-state index contributed by atoms with van der Waals surface area (Å²) >= 11 is 0. The van der Waals surface area contributed by atoms with Crippen LogP contribution in [0.15, 0.2) is 0 Å². The number of likely N-dealkylation sites (tertiary alicyclic amines) is 1. The van der Waals surface area contributed by atoms with Crippen molar-refractivity contribution in [1.82, 2.24) is 15.5 Å². The summed E-state index contributed by atoms with van der Waals surface area (Å²) in [5.74, 6) is -1.20. The predicted octanol–water partition coefficient (Wildman–Crippen LogP) is -1.04. The number of aliphatic carboxylic acids is 1. The van der Waals surface area contributed by atoms with Crippen molar-refractivity contribution in [2.75, 3.05) is 26.8 Å². The number of amides is 3. The average molecular weight is 289 g/mol. The summed E-state index contributed by atoms with van der Waals surface area (Å²) in [6.45, 7) is 0.363. The van der Waals surface area contributed by atoms with E-state index in [0.717, 1.165) is 0 Å². The summed E-state index contributed by atoms with van der Waals surface area (Å²) in [7, 11) is 1.25. The number of rotatable bonds is 5. The number of nitrogens with zero attached hydrogens (tertiary/aromatic N) is 1. The lowest BCUT2D eigenvalue weighted by Gasteiger charge is -2.20. The molecule has 9 heteroatoms. The molecule has 1 unspecified atom stereocenters. The summed E-state index contributed by atoms with van der Waals surface area (Å²) < 4.78 is 4.46. The Kier molecular flexibility index (Phi) is 6.04. The third kappa shape index (κ3) is 4.57. The number of carboxylic acids is 1. The normalized spacial score (nSPS) is 19.3. The Morgan fingerprint density at radius 1 is 1.45 bits per heavy atom. The van der Waals surface area contributed by atoms with Crippen molar-refractivity contribution in [3.63, 3.8) is 0 Å². The molecule has 4 N–H and O–H groups in total. The second-order valence-corrected chi connectivity index (χ2v) is 4.42. The van der Waals surface area contributed by atoms with E-state index in [-0.39, 0.29) is 25.6 Å². The molecule has 20 heavy (non-hydrogen) atoms. The molecule has 0 aromatic rings. The molecule has 114 valence electrons. The maximum absolute atomic E-state index is 11.9. The second kappa shape index (κ2) is 7.53. The van der Waals surface area contributed by atoms with Gasteiger partial charge < -0.3 is 30.5 Å². The molecule has 2 atom stereocenters.